The molecule has 0 aliphatic rings. The van der Waals surface area contributed by atoms with Gasteiger partial charge in [-0.25, -0.2) is 0 Å². The molecule has 0 radical (unpaired) electrons. The third-order valence-corrected chi connectivity index (χ3v) is 5.03. The fraction of sp³-hybridized carbons (Fsp3) is 0.200. The van der Waals surface area contributed by atoms with Crippen molar-refractivity contribution < 1.29 is 18.7 Å². The summed E-state index contributed by atoms with van der Waals surface area (Å²) in [5, 5.41) is 11.3. The minimum Gasteiger partial charge on any atom is -0.496 e. The van der Waals surface area contributed by atoms with Crippen molar-refractivity contribution in [3.63, 3.8) is 0 Å². The minimum absolute atomic E-state index is 0.000530. The van der Waals surface area contributed by atoms with Crippen LogP contribution in [0.3, 0.4) is 0 Å². The Kier molecular flexibility index (Phi) is 6.50. The number of benzene rings is 1. The number of allylic oxidation sites excluding steroid dienone is 1. The average Bonchev–Trinajstić information content (AvgIpc) is 3.32. The van der Waals surface area contributed by atoms with Gasteiger partial charge in [-0.3, -0.25) is 19.5 Å². The first kappa shape index (κ1) is 20.4. The number of nitrogens with one attached hydrogen (secondary N) is 1. The smallest absolute Gasteiger partial charge is 0.261 e. The van der Waals surface area contributed by atoms with Crippen LogP contribution in [0.5, 0.6) is 5.75 Å². The number of carbonyl (C=O) groups excluding carboxylic acids is 2. The number of ether oxygens (including phenoxy) is 1. The van der Waals surface area contributed by atoms with E-state index in [2.05, 4.69) is 22.1 Å². The van der Waals surface area contributed by atoms with E-state index < -0.39 is 11.8 Å². The van der Waals surface area contributed by atoms with E-state index in [1.54, 1.807) is 36.6 Å². The van der Waals surface area contributed by atoms with E-state index in [1.807, 2.05) is 17.6 Å². The molecule has 1 N–H and O–H groups in total. The van der Waals surface area contributed by atoms with Gasteiger partial charge in [0.25, 0.3) is 5.91 Å². The zero-order chi connectivity index (χ0) is 20.8. The Balaban J connectivity index is 1.69. The molecule has 0 aliphatic heterocycles. The number of carbonyl (C=O) groups is 2. The second-order valence-corrected chi connectivity index (χ2v) is 6.90. The molecule has 8 nitrogen and oxygen atoms in total. The number of para-hydroxylation sites is 1. The van der Waals surface area contributed by atoms with Crippen molar-refractivity contribution in [1.82, 2.24) is 20.1 Å². The summed E-state index contributed by atoms with van der Waals surface area (Å²) in [5.41, 5.74) is 1.11. The molecule has 0 spiro atoms. The highest BCUT2D eigenvalue weighted by molar-refractivity contribution is 7.99. The van der Waals surface area contributed by atoms with Crippen LogP contribution in [0.4, 0.5) is 0 Å². The maximum Gasteiger partial charge on any atom is 0.261 e. The van der Waals surface area contributed by atoms with Gasteiger partial charge in [-0.1, -0.05) is 30.0 Å². The normalized spacial score (nSPS) is 10.6. The summed E-state index contributed by atoms with van der Waals surface area (Å²) in [4.78, 5) is 24.6. The first-order valence-corrected chi connectivity index (χ1v) is 9.72. The number of hydrogen-bond donors (Lipinski definition) is 1. The van der Waals surface area contributed by atoms with E-state index in [0.29, 0.717) is 28.8 Å². The van der Waals surface area contributed by atoms with E-state index in [-0.39, 0.29) is 5.75 Å². The van der Waals surface area contributed by atoms with Gasteiger partial charge in [0.2, 0.25) is 5.91 Å². The van der Waals surface area contributed by atoms with Crippen molar-refractivity contribution in [2.24, 2.45) is 0 Å². The highest BCUT2D eigenvalue weighted by Gasteiger charge is 2.19. The molecule has 9 heteroatoms. The van der Waals surface area contributed by atoms with Crippen molar-refractivity contribution in [2.75, 3.05) is 12.9 Å². The number of rotatable bonds is 8. The van der Waals surface area contributed by atoms with Gasteiger partial charge in [0.05, 0.1) is 30.3 Å². The Morgan fingerprint density at radius 3 is 2.79 bits per heavy atom. The van der Waals surface area contributed by atoms with Crippen LogP contribution in [0.15, 0.2) is 58.8 Å². The third kappa shape index (κ3) is 4.57. The van der Waals surface area contributed by atoms with Crippen molar-refractivity contribution in [2.45, 2.75) is 18.6 Å². The van der Waals surface area contributed by atoms with Gasteiger partial charge in [-0.15, -0.1) is 16.8 Å². The van der Waals surface area contributed by atoms with Crippen LogP contribution in [0, 0.1) is 6.92 Å². The van der Waals surface area contributed by atoms with Crippen LogP contribution in [0.1, 0.15) is 16.1 Å². The molecule has 1 aromatic carbocycles. The van der Waals surface area contributed by atoms with Gasteiger partial charge in [-0.2, -0.15) is 0 Å². The lowest BCUT2D eigenvalue weighted by atomic mass is 10.2. The lowest BCUT2D eigenvalue weighted by Crippen LogP contribution is -2.32. The molecule has 0 atom stereocenters. The van der Waals surface area contributed by atoms with Crippen LogP contribution < -0.4 is 10.1 Å². The standard InChI is InChI=1S/C20H20N4O4S/c1-4-10-24-18(14-9-11-28-13(14)2)22-23-20(24)29-12-17(25)21-19(26)15-7-5-6-8-16(15)27-3/h4-9,11H,1,10,12H2,2-3H3,(H,21,25,26). The summed E-state index contributed by atoms with van der Waals surface area (Å²) < 4.78 is 12.3. The molecule has 0 bridgehead atoms. The molecule has 2 heterocycles. The van der Waals surface area contributed by atoms with E-state index in [1.165, 1.54) is 18.9 Å². The number of nitrogens with zero attached hydrogens (tertiary/aromatic N) is 3. The van der Waals surface area contributed by atoms with Gasteiger partial charge < -0.3 is 9.15 Å². The van der Waals surface area contributed by atoms with Crippen LogP contribution in [0.2, 0.25) is 0 Å². The molecule has 3 aromatic rings. The van der Waals surface area contributed by atoms with Gasteiger partial charge >= 0.3 is 0 Å². The highest BCUT2D eigenvalue weighted by Crippen LogP contribution is 2.27. The number of amides is 2. The van der Waals surface area contributed by atoms with Gasteiger partial charge in [-0.05, 0) is 25.1 Å². The molecule has 0 saturated carbocycles. The summed E-state index contributed by atoms with van der Waals surface area (Å²) in [6.45, 7) is 6.07. The third-order valence-electron chi connectivity index (χ3n) is 4.07. The first-order valence-electron chi connectivity index (χ1n) is 8.73. The molecule has 2 amide bonds. The fourth-order valence-electron chi connectivity index (χ4n) is 2.70. The zero-order valence-electron chi connectivity index (χ0n) is 16.0. The monoisotopic (exact) mass is 412 g/mol. The quantitative estimate of drug-likeness (QED) is 0.448. The minimum atomic E-state index is -0.518. The van der Waals surface area contributed by atoms with E-state index >= 15 is 0 Å². The summed E-state index contributed by atoms with van der Waals surface area (Å²) in [6.07, 6.45) is 3.30. The Bertz CT molecular complexity index is 1040. The number of imide groups is 1. The molecule has 0 fully saturated rings. The second-order valence-electron chi connectivity index (χ2n) is 5.96. The summed E-state index contributed by atoms with van der Waals surface area (Å²) in [5.74, 6) is 0.788. The zero-order valence-corrected chi connectivity index (χ0v) is 16.9. The maximum atomic E-state index is 12.3. The van der Waals surface area contributed by atoms with Crippen molar-refractivity contribution in [1.29, 1.82) is 0 Å². The second kappa shape index (κ2) is 9.24. The van der Waals surface area contributed by atoms with Crippen LogP contribution >= 0.6 is 11.8 Å². The van der Waals surface area contributed by atoms with Gasteiger partial charge in [0.1, 0.15) is 11.5 Å². The molecule has 0 aliphatic carbocycles. The van der Waals surface area contributed by atoms with Crippen molar-refractivity contribution >= 4 is 23.6 Å². The average molecular weight is 412 g/mol. The lowest BCUT2D eigenvalue weighted by molar-refractivity contribution is -0.117. The Hall–Kier alpha value is -3.33. The topological polar surface area (TPSA) is 99.2 Å². The van der Waals surface area contributed by atoms with Crippen LogP contribution in [-0.4, -0.2) is 39.4 Å². The Labute approximate surface area is 172 Å². The predicted octanol–water partition coefficient (Wildman–Crippen LogP) is 3.09. The molecule has 150 valence electrons. The molecule has 29 heavy (non-hydrogen) atoms. The molecule has 0 saturated heterocycles. The Morgan fingerprint density at radius 2 is 2.10 bits per heavy atom. The molecular weight excluding hydrogens is 392 g/mol. The summed E-state index contributed by atoms with van der Waals surface area (Å²) >= 11 is 1.18. The SMILES string of the molecule is C=CCn1c(SCC(=O)NC(=O)c2ccccc2OC)nnc1-c1ccoc1C. The number of aryl methyl sites for hydroxylation is 1. The van der Waals surface area contributed by atoms with E-state index in [4.69, 9.17) is 9.15 Å². The number of hydrogen-bond acceptors (Lipinski definition) is 7. The van der Waals surface area contributed by atoms with Crippen molar-refractivity contribution in [3.05, 3.63) is 60.6 Å². The van der Waals surface area contributed by atoms with Gasteiger partial charge in [0, 0.05) is 6.54 Å². The van der Waals surface area contributed by atoms with E-state index in [9.17, 15) is 9.59 Å². The lowest BCUT2D eigenvalue weighted by Gasteiger charge is -2.09. The summed E-state index contributed by atoms with van der Waals surface area (Å²) in [6, 6.07) is 8.51. The van der Waals surface area contributed by atoms with Crippen molar-refractivity contribution in [3.8, 4) is 17.1 Å². The molecule has 2 aromatic heterocycles. The van der Waals surface area contributed by atoms with E-state index in [0.717, 1.165) is 11.3 Å². The summed E-state index contributed by atoms with van der Waals surface area (Å²) in [7, 11) is 1.47. The number of methoxy groups -OCH3 is 1. The largest absolute Gasteiger partial charge is 0.496 e. The number of thioether (sulfide) groups is 1. The Morgan fingerprint density at radius 1 is 1.31 bits per heavy atom. The fourth-order valence-corrected chi connectivity index (χ4v) is 3.45. The molecular formula is C20H20N4O4S. The molecule has 3 rings (SSSR count). The first-order chi connectivity index (χ1) is 14.0. The predicted molar refractivity (Wildman–Crippen MR) is 109 cm³/mol. The number of aromatic nitrogens is 3. The highest BCUT2D eigenvalue weighted by atomic mass is 32.2. The number of furan rings is 1. The van der Waals surface area contributed by atoms with Crippen LogP contribution in [-0.2, 0) is 11.3 Å². The molecule has 0 unspecified atom stereocenters. The maximum absolute atomic E-state index is 12.3. The van der Waals surface area contributed by atoms with Gasteiger partial charge in [0.15, 0.2) is 11.0 Å². The van der Waals surface area contributed by atoms with Crippen LogP contribution in [0.25, 0.3) is 11.4 Å².